The van der Waals surface area contributed by atoms with Gasteiger partial charge < -0.3 is 5.11 Å². The molecule has 0 radical (unpaired) electrons. The van der Waals surface area contributed by atoms with E-state index in [1.54, 1.807) is 11.8 Å². The standard InChI is InChI=1S/C13H16O2S/c14-13(15)12(10-6-2-1-3-7-10)16-11-8-4-5-9-11/h1-3,6-7,11-12H,4-5,8-9H2,(H,14,15)/t12-/m0/s1. The smallest absolute Gasteiger partial charge is 0.321 e. The van der Waals surface area contributed by atoms with Crippen molar-refractivity contribution in [3.63, 3.8) is 0 Å². The normalized spacial score (nSPS) is 18.5. The van der Waals surface area contributed by atoms with Crippen LogP contribution in [0.3, 0.4) is 0 Å². The molecule has 1 N–H and O–H groups in total. The molecule has 1 fully saturated rings. The summed E-state index contributed by atoms with van der Waals surface area (Å²) in [6.07, 6.45) is 4.83. The Labute approximate surface area is 100 Å². The van der Waals surface area contributed by atoms with E-state index in [1.807, 2.05) is 30.3 Å². The second-order valence-electron chi connectivity index (χ2n) is 4.17. The molecule has 0 aromatic heterocycles. The molecule has 0 aliphatic heterocycles. The highest BCUT2D eigenvalue weighted by Crippen LogP contribution is 2.39. The second-order valence-corrected chi connectivity index (χ2v) is 5.58. The zero-order chi connectivity index (χ0) is 11.4. The number of hydrogen-bond acceptors (Lipinski definition) is 2. The average Bonchev–Trinajstić information content (AvgIpc) is 2.79. The second kappa shape index (κ2) is 5.39. The minimum absolute atomic E-state index is 0.399. The third-order valence-corrected chi connectivity index (χ3v) is 4.56. The first-order valence-electron chi connectivity index (χ1n) is 5.70. The van der Waals surface area contributed by atoms with Crippen LogP contribution in [0.2, 0.25) is 0 Å². The van der Waals surface area contributed by atoms with Gasteiger partial charge in [0.25, 0.3) is 0 Å². The topological polar surface area (TPSA) is 37.3 Å². The van der Waals surface area contributed by atoms with Crippen LogP contribution in [0.5, 0.6) is 0 Å². The molecule has 1 aromatic carbocycles. The van der Waals surface area contributed by atoms with Crippen LogP contribution >= 0.6 is 11.8 Å². The number of carbonyl (C=O) groups is 1. The quantitative estimate of drug-likeness (QED) is 0.869. The molecule has 0 heterocycles. The number of thioether (sulfide) groups is 1. The number of benzene rings is 1. The fourth-order valence-electron chi connectivity index (χ4n) is 2.12. The summed E-state index contributed by atoms with van der Waals surface area (Å²) < 4.78 is 0. The summed E-state index contributed by atoms with van der Waals surface area (Å²) in [5.41, 5.74) is 0.909. The van der Waals surface area contributed by atoms with Gasteiger partial charge in [-0.1, -0.05) is 43.2 Å². The molecule has 86 valence electrons. The van der Waals surface area contributed by atoms with Crippen LogP contribution in [0.1, 0.15) is 36.5 Å². The summed E-state index contributed by atoms with van der Waals surface area (Å²) in [7, 11) is 0. The molecule has 2 rings (SSSR count). The third-order valence-electron chi connectivity index (χ3n) is 2.96. The molecule has 1 aliphatic rings. The molecule has 1 saturated carbocycles. The minimum atomic E-state index is -0.719. The molecule has 0 saturated heterocycles. The highest BCUT2D eigenvalue weighted by Gasteiger charge is 2.26. The lowest BCUT2D eigenvalue weighted by Crippen LogP contribution is -2.11. The van der Waals surface area contributed by atoms with Gasteiger partial charge in [0, 0.05) is 5.25 Å². The molecule has 2 nitrogen and oxygen atoms in total. The lowest BCUT2D eigenvalue weighted by atomic mass is 10.1. The molecule has 0 amide bonds. The predicted molar refractivity (Wildman–Crippen MR) is 66.7 cm³/mol. The zero-order valence-electron chi connectivity index (χ0n) is 9.13. The highest BCUT2D eigenvalue weighted by molar-refractivity contribution is 8.00. The maximum atomic E-state index is 11.3. The SMILES string of the molecule is O=C(O)[C@@H](SC1CCCC1)c1ccccc1. The molecule has 1 aliphatic carbocycles. The molecular formula is C13H16O2S. The molecule has 0 bridgehead atoms. The first-order chi connectivity index (χ1) is 7.77. The Morgan fingerprint density at radius 3 is 2.44 bits per heavy atom. The highest BCUT2D eigenvalue weighted by atomic mass is 32.2. The Hall–Kier alpha value is -0.960. The van der Waals surface area contributed by atoms with Gasteiger partial charge in [-0.25, -0.2) is 0 Å². The van der Waals surface area contributed by atoms with E-state index in [1.165, 1.54) is 25.7 Å². The predicted octanol–water partition coefficient (Wildman–Crippen LogP) is 3.49. The van der Waals surface area contributed by atoms with E-state index in [-0.39, 0.29) is 0 Å². The third kappa shape index (κ3) is 2.79. The Kier molecular flexibility index (Phi) is 3.88. The van der Waals surface area contributed by atoms with Crippen LogP contribution in [0.4, 0.5) is 0 Å². The molecule has 0 unspecified atom stereocenters. The molecule has 1 atom stereocenters. The van der Waals surface area contributed by atoms with E-state index in [2.05, 4.69) is 0 Å². The van der Waals surface area contributed by atoms with Crippen molar-refractivity contribution >= 4 is 17.7 Å². The van der Waals surface area contributed by atoms with Gasteiger partial charge in [-0.15, -0.1) is 11.8 Å². The van der Waals surface area contributed by atoms with Gasteiger partial charge in [0.1, 0.15) is 5.25 Å². The minimum Gasteiger partial charge on any atom is -0.480 e. The van der Waals surface area contributed by atoms with Crippen molar-refractivity contribution in [1.29, 1.82) is 0 Å². The van der Waals surface area contributed by atoms with Crippen molar-refractivity contribution in [1.82, 2.24) is 0 Å². The van der Waals surface area contributed by atoms with E-state index >= 15 is 0 Å². The number of carboxylic acids is 1. The van der Waals surface area contributed by atoms with E-state index in [4.69, 9.17) is 0 Å². The summed E-state index contributed by atoms with van der Waals surface area (Å²) in [6, 6.07) is 9.53. The van der Waals surface area contributed by atoms with Gasteiger partial charge in [-0.05, 0) is 18.4 Å². The summed E-state index contributed by atoms with van der Waals surface area (Å²) >= 11 is 1.61. The fraction of sp³-hybridized carbons (Fsp3) is 0.462. The maximum absolute atomic E-state index is 11.3. The van der Waals surface area contributed by atoms with Gasteiger partial charge in [-0.2, -0.15) is 0 Å². The van der Waals surface area contributed by atoms with Gasteiger partial charge in [0.05, 0.1) is 0 Å². The van der Waals surface area contributed by atoms with Gasteiger partial charge in [-0.3, -0.25) is 4.79 Å². The van der Waals surface area contributed by atoms with Crippen molar-refractivity contribution < 1.29 is 9.90 Å². The van der Waals surface area contributed by atoms with Crippen LogP contribution in [0.25, 0.3) is 0 Å². The van der Waals surface area contributed by atoms with E-state index in [0.717, 1.165) is 5.56 Å². The van der Waals surface area contributed by atoms with Crippen molar-refractivity contribution in [3.8, 4) is 0 Å². The molecule has 0 spiro atoms. The van der Waals surface area contributed by atoms with E-state index in [0.29, 0.717) is 5.25 Å². The zero-order valence-corrected chi connectivity index (χ0v) is 9.95. The Morgan fingerprint density at radius 2 is 1.88 bits per heavy atom. The Morgan fingerprint density at radius 1 is 1.25 bits per heavy atom. The molecule has 3 heteroatoms. The largest absolute Gasteiger partial charge is 0.480 e. The first-order valence-corrected chi connectivity index (χ1v) is 6.65. The van der Waals surface area contributed by atoms with Crippen molar-refractivity contribution in [2.75, 3.05) is 0 Å². The maximum Gasteiger partial charge on any atom is 0.321 e. The molecular weight excluding hydrogens is 220 g/mol. The number of rotatable bonds is 4. The van der Waals surface area contributed by atoms with Gasteiger partial charge >= 0.3 is 5.97 Å². The average molecular weight is 236 g/mol. The van der Waals surface area contributed by atoms with E-state index in [9.17, 15) is 9.90 Å². The van der Waals surface area contributed by atoms with E-state index < -0.39 is 11.2 Å². The lowest BCUT2D eigenvalue weighted by molar-refractivity contribution is -0.136. The Balaban J connectivity index is 2.08. The van der Waals surface area contributed by atoms with Crippen molar-refractivity contribution in [2.24, 2.45) is 0 Å². The lowest BCUT2D eigenvalue weighted by Gasteiger charge is -2.16. The van der Waals surface area contributed by atoms with Crippen molar-refractivity contribution in [3.05, 3.63) is 35.9 Å². The van der Waals surface area contributed by atoms with Crippen LogP contribution in [-0.4, -0.2) is 16.3 Å². The van der Waals surface area contributed by atoms with Crippen molar-refractivity contribution in [2.45, 2.75) is 36.2 Å². The van der Waals surface area contributed by atoms with Crippen LogP contribution in [0.15, 0.2) is 30.3 Å². The molecule has 1 aromatic rings. The monoisotopic (exact) mass is 236 g/mol. The Bertz CT molecular complexity index is 344. The number of hydrogen-bond donors (Lipinski definition) is 1. The summed E-state index contributed by atoms with van der Waals surface area (Å²) in [4.78, 5) is 11.3. The van der Waals surface area contributed by atoms with Crippen LogP contribution in [0, 0.1) is 0 Å². The fourth-order valence-corrected chi connectivity index (χ4v) is 3.55. The first kappa shape index (κ1) is 11.5. The number of aliphatic carboxylic acids is 1. The summed E-state index contributed by atoms with van der Waals surface area (Å²) in [6.45, 7) is 0. The molecule has 16 heavy (non-hydrogen) atoms. The van der Waals surface area contributed by atoms with Gasteiger partial charge in [0.15, 0.2) is 0 Å². The van der Waals surface area contributed by atoms with Gasteiger partial charge in [0.2, 0.25) is 0 Å². The summed E-state index contributed by atoms with van der Waals surface area (Å²) in [5, 5.41) is 9.40. The van der Waals surface area contributed by atoms with Crippen LogP contribution < -0.4 is 0 Å². The number of carboxylic acid groups (broad SMARTS) is 1. The summed E-state index contributed by atoms with van der Waals surface area (Å²) in [5.74, 6) is -0.719. The van der Waals surface area contributed by atoms with Crippen LogP contribution in [-0.2, 0) is 4.79 Å².